The SMILES string of the molecule is C\C=C(/C(F)=C\C(F)=C/C)c1cccc2c1C(C)C(=O)N2. The number of fused-ring (bicyclic) bond motifs is 1. The summed E-state index contributed by atoms with van der Waals surface area (Å²) in [6.07, 6.45) is 3.62. The lowest BCUT2D eigenvalue weighted by atomic mass is 9.91. The quantitative estimate of drug-likeness (QED) is 0.790. The van der Waals surface area contributed by atoms with E-state index in [9.17, 15) is 13.6 Å². The molecule has 0 aliphatic carbocycles. The molecule has 21 heavy (non-hydrogen) atoms. The number of allylic oxidation sites excluding steroid dienone is 6. The normalized spacial score (nSPS) is 19.6. The first kappa shape index (κ1) is 15.2. The van der Waals surface area contributed by atoms with Crippen molar-refractivity contribution in [3.8, 4) is 0 Å². The third-order valence-corrected chi connectivity index (χ3v) is 3.57. The Morgan fingerprint density at radius 1 is 1.24 bits per heavy atom. The van der Waals surface area contributed by atoms with Gasteiger partial charge in [0.25, 0.3) is 0 Å². The van der Waals surface area contributed by atoms with E-state index in [-0.39, 0.29) is 17.4 Å². The molecule has 0 spiro atoms. The van der Waals surface area contributed by atoms with Crippen molar-refractivity contribution in [2.24, 2.45) is 0 Å². The molecule has 0 saturated carbocycles. The van der Waals surface area contributed by atoms with Gasteiger partial charge in [0.2, 0.25) is 5.91 Å². The number of carbonyl (C=O) groups is 1. The number of nitrogens with one attached hydrogen (secondary N) is 1. The molecule has 2 nitrogen and oxygen atoms in total. The molecule has 0 aromatic heterocycles. The summed E-state index contributed by atoms with van der Waals surface area (Å²) < 4.78 is 27.5. The number of hydrogen-bond donors (Lipinski definition) is 1. The molecule has 4 heteroatoms. The Morgan fingerprint density at radius 2 is 1.95 bits per heavy atom. The molecule has 1 unspecified atom stereocenters. The van der Waals surface area contributed by atoms with Crippen molar-refractivity contribution in [3.05, 3.63) is 59.2 Å². The molecule has 1 heterocycles. The minimum Gasteiger partial charge on any atom is -0.325 e. The van der Waals surface area contributed by atoms with Crippen LogP contribution < -0.4 is 5.32 Å². The van der Waals surface area contributed by atoms with E-state index < -0.39 is 11.7 Å². The highest BCUT2D eigenvalue weighted by atomic mass is 19.1. The minimum atomic E-state index is -0.659. The van der Waals surface area contributed by atoms with Crippen molar-refractivity contribution >= 4 is 17.2 Å². The molecular formula is C17H17F2NO. The molecule has 2 rings (SSSR count). The smallest absolute Gasteiger partial charge is 0.231 e. The van der Waals surface area contributed by atoms with Gasteiger partial charge in [-0.1, -0.05) is 24.3 Å². The summed E-state index contributed by atoms with van der Waals surface area (Å²) in [5.41, 5.74) is 2.33. The number of halogens is 2. The van der Waals surface area contributed by atoms with Gasteiger partial charge in [0.05, 0.1) is 5.92 Å². The highest BCUT2D eigenvalue weighted by Gasteiger charge is 2.30. The predicted molar refractivity (Wildman–Crippen MR) is 81.2 cm³/mol. The number of amides is 1. The Balaban J connectivity index is 2.55. The average Bonchev–Trinajstić information content (AvgIpc) is 2.75. The zero-order valence-electron chi connectivity index (χ0n) is 12.2. The first-order valence-electron chi connectivity index (χ1n) is 6.79. The number of hydrogen-bond acceptors (Lipinski definition) is 1. The summed E-state index contributed by atoms with van der Waals surface area (Å²) in [7, 11) is 0. The van der Waals surface area contributed by atoms with Gasteiger partial charge in [-0.25, -0.2) is 8.78 Å². The molecule has 0 bridgehead atoms. The number of rotatable bonds is 3. The summed E-state index contributed by atoms with van der Waals surface area (Å²) in [5, 5.41) is 2.76. The fourth-order valence-electron chi connectivity index (χ4n) is 2.45. The summed E-state index contributed by atoms with van der Waals surface area (Å²) in [4.78, 5) is 11.8. The van der Waals surface area contributed by atoms with Gasteiger partial charge in [0.15, 0.2) is 0 Å². The van der Waals surface area contributed by atoms with E-state index in [1.54, 1.807) is 38.1 Å². The van der Waals surface area contributed by atoms with Gasteiger partial charge in [0.1, 0.15) is 11.7 Å². The fraction of sp³-hybridized carbons (Fsp3) is 0.235. The molecule has 1 aromatic carbocycles. The molecule has 1 atom stereocenters. The second-order valence-corrected chi connectivity index (χ2v) is 4.85. The topological polar surface area (TPSA) is 29.1 Å². The molecule has 110 valence electrons. The molecule has 1 aliphatic heterocycles. The van der Waals surface area contributed by atoms with Gasteiger partial charge in [0, 0.05) is 17.3 Å². The van der Waals surface area contributed by atoms with Crippen LogP contribution in [0.2, 0.25) is 0 Å². The molecule has 1 aliphatic rings. The van der Waals surface area contributed by atoms with Gasteiger partial charge in [-0.3, -0.25) is 4.79 Å². The van der Waals surface area contributed by atoms with Crippen molar-refractivity contribution in [3.63, 3.8) is 0 Å². The monoisotopic (exact) mass is 289 g/mol. The van der Waals surface area contributed by atoms with E-state index in [0.717, 1.165) is 11.6 Å². The van der Waals surface area contributed by atoms with Crippen molar-refractivity contribution in [1.82, 2.24) is 0 Å². The van der Waals surface area contributed by atoms with Crippen LogP contribution in [0.3, 0.4) is 0 Å². The molecule has 0 saturated heterocycles. The van der Waals surface area contributed by atoms with Gasteiger partial charge >= 0.3 is 0 Å². The number of anilines is 1. The van der Waals surface area contributed by atoms with Crippen LogP contribution >= 0.6 is 0 Å². The standard InChI is InChI=1S/C17H17F2NO/c1-4-11(18)9-14(19)12(5-2)13-7-6-8-15-16(13)10(3)17(21)20-15/h4-10H,1-3H3,(H,20,21)/b11-4+,12-5-,14-9+. The Morgan fingerprint density at radius 3 is 2.57 bits per heavy atom. The van der Waals surface area contributed by atoms with E-state index in [1.807, 2.05) is 0 Å². The number of benzene rings is 1. The Bertz CT molecular complexity index is 671. The van der Waals surface area contributed by atoms with Crippen LogP contribution in [0.4, 0.5) is 14.5 Å². The van der Waals surface area contributed by atoms with Crippen LogP contribution in [-0.4, -0.2) is 5.91 Å². The number of carbonyl (C=O) groups excluding carboxylic acids is 1. The van der Waals surface area contributed by atoms with E-state index >= 15 is 0 Å². The lowest BCUT2D eigenvalue weighted by Gasteiger charge is -2.12. The molecule has 0 radical (unpaired) electrons. The predicted octanol–water partition coefficient (Wildman–Crippen LogP) is 4.87. The Kier molecular flexibility index (Phi) is 4.36. The second-order valence-electron chi connectivity index (χ2n) is 4.85. The first-order valence-corrected chi connectivity index (χ1v) is 6.79. The lowest BCUT2D eigenvalue weighted by Crippen LogP contribution is -2.08. The van der Waals surface area contributed by atoms with Crippen molar-refractivity contribution in [1.29, 1.82) is 0 Å². The largest absolute Gasteiger partial charge is 0.325 e. The van der Waals surface area contributed by atoms with Gasteiger partial charge in [-0.05, 0) is 38.0 Å². The van der Waals surface area contributed by atoms with Crippen LogP contribution in [0.25, 0.3) is 5.57 Å². The van der Waals surface area contributed by atoms with E-state index in [1.165, 1.54) is 13.0 Å². The highest BCUT2D eigenvalue weighted by molar-refractivity contribution is 6.04. The van der Waals surface area contributed by atoms with E-state index in [2.05, 4.69) is 5.32 Å². The van der Waals surface area contributed by atoms with Crippen LogP contribution in [-0.2, 0) is 4.79 Å². The van der Waals surface area contributed by atoms with Crippen LogP contribution in [0.1, 0.15) is 37.8 Å². The third kappa shape index (κ3) is 2.79. The fourth-order valence-corrected chi connectivity index (χ4v) is 2.45. The van der Waals surface area contributed by atoms with Gasteiger partial charge in [-0.15, -0.1) is 0 Å². The van der Waals surface area contributed by atoms with Gasteiger partial charge < -0.3 is 5.32 Å². The van der Waals surface area contributed by atoms with Crippen LogP contribution in [0.15, 0.2) is 48.1 Å². The Labute approximate surface area is 122 Å². The van der Waals surface area contributed by atoms with E-state index in [4.69, 9.17) is 0 Å². The maximum absolute atomic E-state index is 14.3. The Hall–Kier alpha value is -2.23. The maximum Gasteiger partial charge on any atom is 0.231 e. The first-order chi connectivity index (χ1) is 9.99. The van der Waals surface area contributed by atoms with E-state index in [0.29, 0.717) is 11.3 Å². The zero-order valence-corrected chi connectivity index (χ0v) is 12.2. The highest BCUT2D eigenvalue weighted by Crippen LogP contribution is 2.40. The summed E-state index contributed by atoms with van der Waals surface area (Å²) in [6.45, 7) is 4.95. The van der Waals surface area contributed by atoms with Crippen molar-refractivity contribution in [2.75, 3.05) is 5.32 Å². The van der Waals surface area contributed by atoms with Crippen molar-refractivity contribution in [2.45, 2.75) is 26.7 Å². The maximum atomic E-state index is 14.3. The molecule has 1 N–H and O–H groups in total. The summed E-state index contributed by atoms with van der Waals surface area (Å²) >= 11 is 0. The molecule has 0 fully saturated rings. The average molecular weight is 289 g/mol. The van der Waals surface area contributed by atoms with Crippen LogP contribution in [0, 0.1) is 0 Å². The summed E-state index contributed by atoms with van der Waals surface area (Å²) in [6, 6.07) is 5.27. The molecule has 1 amide bonds. The lowest BCUT2D eigenvalue weighted by molar-refractivity contribution is -0.116. The molecule has 1 aromatic rings. The van der Waals surface area contributed by atoms with Crippen LogP contribution in [0.5, 0.6) is 0 Å². The molecular weight excluding hydrogens is 272 g/mol. The minimum absolute atomic E-state index is 0.114. The summed E-state index contributed by atoms with van der Waals surface area (Å²) in [5.74, 6) is -1.77. The van der Waals surface area contributed by atoms with Crippen molar-refractivity contribution < 1.29 is 13.6 Å². The second kappa shape index (κ2) is 6.04. The zero-order chi connectivity index (χ0) is 15.6. The third-order valence-electron chi connectivity index (χ3n) is 3.57. The van der Waals surface area contributed by atoms with Gasteiger partial charge in [-0.2, -0.15) is 0 Å².